The summed E-state index contributed by atoms with van der Waals surface area (Å²) in [7, 11) is 1.47. The Labute approximate surface area is 208 Å². The molecule has 1 amide bonds. The third-order valence-corrected chi connectivity index (χ3v) is 5.97. The summed E-state index contributed by atoms with van der Waals surface area (Å²) in [5, 5.41) is 76.7. The molecule has 13 nitrogen and oxygen atoms in total. The van der Waals surface area contributed by atoms with Crippen LogP contribution in [-0.4, -0.2) is 66.8 Å². The highest BCUT2D eigenvalue weighted by molar-refractivity contribution is 7.17. The van der Waals surface area contributed by atoms with E-state index in [1.165, 1.54) is 7.11 Å². The molecule has 1 aromatic heterocycles. The molecule has 0 fully saturated rings. The van der Waals surface area contributed by atoms with Crippen LogP contribution >= 0.6 is 11.3 Å². The Balaban J connectivity index is 1.77. The van der Waals surface area contributed by atoms with E-state index in [0.717, 1.165) is 16.9 Å². The second-order valence-corrected chi connectivity index (χ2v) is 8.76. The van der Waals surface area contributed by atoms with Crippen molar-refractivity contribution in [3.8, 4) is 28.1 Å². The molecule has 2 aromatic carbocycles. The van der Waals surface area contributed by atoms with Gasteiger partial charge in [0.25, 0.3) is 0 Å². The van der Waals surface area contributed by atoms with Crippen molar-refractivity contribution in [1.82, 2.24) is 10.3 Å². The van der Waals surface area contributed by atoms with E-state index in [0.29, 0.717) is 0 Å². The van der Waals surface area contributed by atoms with Crippen molar-refractivity contribution in [2.24, 2.45) is 0 Å². The number of phenols is 4. The molecule has 0 aliphatic carbocycles. The summed E-state index contributed by atoms with van der Waals surface area (Å²) in [6.45, 7) is -0.555. The van der Waals surface area contributed by atoms with Crippen LogP contribution in [0.3, 0.4) is 0 Å². The Morgan fingerprint density at radius 2 is 1.69 bits per heavy atom. The van der Waals surface area contributed by atoms with Gasteiger partial charge in [-0.15, -0.1) is 0 Å². The number of hydrogen-bond donors (Lipinski definition) is 10. The van der Waals surface area contributed by atoms with Gasteiger partial charge in [0.2, 0.25) is 11.7 Å². The lowest BCUT2D eigenvalue weighted by molar-refractivity contribution is -0.168. The normalized spacial score (nSPS) is 12.4. The Hall–Kier alpha value is -3.82. The van der Waals surface area contributed by atoms with E-state index < -0.39 is 65.0 Å². The number of nitrogens with one attached hydrogen (secondary N) is 2. The van der Waals surface area contributed by atoms with Crippen LogP contribution in [0.4, 0.5) is 10.8 Å². The van der Waals surface area contributed by atoms with Gasteiger partial charge in [-0.25, -0.2) is 4.98 Å². The number of nitrogen functional groups attached to an aromatic ring is 1. The van der Waals surface area contributed by atoms with Crippen molar-refractivity contribution in [3.63, 3.8) is 0 Å². The molecule has 3 rings (SSSR count). The molecule has 11 N–H and O–H groups in total. The molecule has 36 heavy (non-hydrogen) atoms. The largest absolute Gasteiger partial charge is 0.504 e. The summed E-state index contributed by atoms with van der Waals surface area (Å²) in [6.07, 6.45) is -0.978. The van der Waals surface area contributed by atoms with Crippen LogP contribution in [0.15, 0.2) is 30.3 Å². The maximum absolute atomic E-state index is 12.3. The van der Waals surface area contributed by atoms with Gasteiger partial charge in [-0.05, 0) is 5.56 Å². The summed E-state index contributed by atoms with van der Waals surface area (Å²) < 4.78 is 5.38. The quantitative estimate of drug-likeness (QED) is 0.0999. The van der Waals surface area contributed by atoms with Gasteiger partial charge in [-0.2, -0.15) is 0 Å². The number of aromatic hydroxyl groups is 5. The first-order chi connectivity index (χ1) is 17.0. The fourth-order valence-corrected chi connectivity index (χ4v) is 4.07. The summed E-state index contributed by atoms with van der Waals surface area (Å²) in [5.74, 6) is -8.53. The van der Waals surface area contributed by atoms with Crippen LogP contribution in [0.1, 0.15) is 22.9 Å². The SMILES string of the molecule is COC(CNCC(O)(O)c1c(O)c(O)c(NC(=O)Cc2nc(N)sc2O)c(O)c1O)c1ccccc1. The molecule has 1 heterocycles. The van der Waals surface area contributed by atoms with Crippen molar-refractivity contribution >= 4 is 28.1 Å². The van der Waals surface area contributed by atoms with Crippen LogP contribution in [0, 0.1) is 0 Å². The molecule has 0 radical (unpaired) electrons. The molecule has 194 valence electrons. The topological polar surface area (TPSA) is 231 Å². The van der Waals surface area contributed by atoms with Gasteiger partial charge >= 0.3 is 0 Å². The average Bonchev–Trinajstić information content (AvgIpc) is 3.14. The minimum absolute atomic E-state index is 0.0112. The molecule has 0 saturated heterocycles. The summed E-state index contributed by atoms with van der Waals surface area (Å²) in [4.78, 5) is 16.1. The number of carbonyl (C=O) groups excluding carboxylic acids is 1. The van der Waals surface area contributed by atoms with Gasteiger partial charge in [0.05, 0.1) is 19.1 Å². The van der Waals surface area contributed by atoms with E-state index in [-0.39, 0.29) is 22.4 Å². The zero-order chi connectivity index (χ0) is 26.6. The molecule has 0 aliphatic rings. The van der Waals surface area contributed by atoms with E-state index in [9.17, 15) is 40.5 Å². The first-order valence-corrected chi connectivity index (χ1v) is 11.2. The lowest BCUT2D eigenvalue weighted by Crippen LogP contribution is -2.39. The van der Waals surface area contributed by atoms with Crippen molar-refractivity contribution in [2.45, 2.75) is 18.3 Å². The molecule has 1 unspecified atom stereocenters. The highest BCUT2D eigenvalue weighted by Gasteiger charge is 2.38. The van der Waals surface area contributed by atoms with E-state index in [2.05, 4.69) is 15.6 Å². The first kappa shape index (κ1) is 26.8. The summed E-state index contributed by atoms with van der Waals surface area (Å²) in [6, 6.07) is 9.06. The summed E-state index contributed by atoms with van der Waals surface area (Å²) >= 11 is 0.736. The Morgan fingerprint density at radius 3 is 2.22 bits per heavy atom. The Kier molecular flexibility index (Phi) is 8.07. The van der Waals surface area contributed by atoms with Crippen LogP contribution in [0.5, 0.6) is 28.1 Å². The van der Waals surface area contributed by atoms with Crippen LogP contribution in [0.25, 0.3) is 0 Å². The molecule has 0 aliphatic heterocycles. The van der Waals surface area contributed by atoms with Crippen LogP contribution < -0.4 is 16.4 Å². The predicted octanol–water partition coefficient (Wildman–Crippen LogP) is 0.549. The lowest BCUT2D eigenvalue weighted by Gasteiger charge is -2.27. The van der Waals surface area contributed by atoms with E-state index in [4.69, 9.17) is 10.5 Å². The highest BCUT2D eigenvalue weighted by atomic mass is 32.1. The van der Waals surface area contributed by atoms with Crippen molar-refractivity contribution in [2.75, 3.05) is 31.2 Å². The van der Waals surface area contributed by atoms with E-state index in [1.807, 2.05) is 18.2 Å². The third kappa shape index (κ3) is 5.69. The minimum atomic E-state index is -2.97. The predicted molar refractivity (Wildman–Crippen MR) is 129 cm³/mol. The van der Waals surface area contributed by atoms with Crippen molar-refractivity contribution in [1.29, 1.82) is 0 Å². The van der Waals surface area contributed by atoms with E-state index in [1.54, 1.807) is 12.1 Å². The standard InChI is InChI=1S/C22H26N4O9S/c1-35-12(10-5-3-2-4-6-10)8-24-9-22(33,34)14-16(28)18(30)15(19(31)17(14)29)26-13(27)7-11-20(32)36-21(23)25-11/h2-6,12,24,28-34H,7-9H2,1H3,(H2,23,25)(H,26,27). The number of nitrogens with zero attached hydrogens (tertiary/aromatic N) is 1. The third-order valence-electron chi connectivity index (χ3n) is 5.24. The number of rotatable bonds is 10. The molecule has 14 heteroatoms. The van der Waals surface area contributed by atoms with Gasteiger partial charge in [0.15, 0.2) is 33.2 Å². The van der Waals surface area contributed by atoms with E-state index >= 15 is 0 Å². The molecular weight excluding hydrogens is 496 g/mol. The van der Waals surface area contributed by atoms with Crippen molar-refractivity contribution < 1.29 is 45.3 Å². The molecule has 0 saturated carbocycles. The molecule has 3 aromatic rings. The second kappa shape index (κ2) is 10.8. The molecular formula is C22H26N4O9S. The molecule has 0 bridgehead atoms. The second-order valence-electron chi connectivity index (χ2n) is 7.76. The average molecular weight is 523 g/mol. The van der Waals surface area contributed by atoms with Crippen LogP contribution in [-0.2, 0) is 21.7 Å². The maximum Gasteiger partial charge on any atom is 0.230 e. The molecule has 0 spiro atoms. The highest BCUT2D eigenvalue weighted by Crippen LogP contribution is 2.52. The number of nitrogens with two attached hydrogens (primary N) is 1. The fourth-order valence-electron chi connectivity index (χ4n) is 3.48. The number of amides is 1. The number of aromatic nitrogens is 1. The number of thiazole rings is 1. The monoisotopic (exact) mass is 522 g/mol. The number of ether oxygens (including phenoxy) is 1. The van der Waals surface area contributed by atoms with Crippen molar-refractivity contribution in [3.05, 3.63) is 47.2 Å². The number of methoxy groups -OCH3 is 1. The Bertz CT molecular complexity index is 1200. The molecule has 1 atom stereocenters. The number of hydrogen-bond acceptors (Lipinski definition) is 13. The van der Waals surface area contributed by atoms with Gasteiger partial charge < -0.3 is 56.8 Å². The van der Waals surface area contributed by atoms with Gasteiger partial charge in [0.1, 0.15) is 16.9 Å². The lowest BCUT2D eigenvalue weighted by atomic mass is 10.00. The zero-order valence-corrected chi connectivity index (χ0v) is 19.8. The minimum Gasteiger partial charge on any atom is -0.504 e. The Morgan fingerprint density at radius 1 is 1.08 bits per heavy atom. The fraction of sp³-hybridized carbons (Fsp3) is 0.273. The number of benzene rings is 2. The summed E-state index contributed by atoms with van der Waals surface area (Å²) in [5.41, 5.74) is 4.40. The smallest absolute Gasteiger partial charge is 0.230 e. The zero-order valence-electron chi connectivity index (χ0n) is 19.0. The first-order valence-electron chi connectivity index (χ1n) is 10.4. The number of carbonyl (C=O) groups is 1. The van der Waals surface area contributed by atoms with Gasteiger partial charge in [-0.3, -0.25) is 4.79 Å². The van der Waals surface area contributed by atoms with Gasteiger partial charge in [-0.1, -0.05) is 41.7 Å². The van der Waals surface area contributed by atoms with Crippen LogP contribution in [0.2, 0.25) is 0 Å². The number of phenolic OH excluding ortho intramolecular Hbond substituents is 4. The maximum atomic E-state index is 12.3. The number of anilines is 2. The number of aliphatic hydroxyl groups is 2. The van der Waals surface area contributed by atoms with Gasteiger partial charge in [0, 0.05) is 13.7 Å².